The first-order valence-corrected chi connectivity index (χ1v) is 6.18. The van der Waals surface area contributed by atoms with Gasteiger partial charge in [-0.1, -0.05) is 48.0 Å². The van der Waals surface area contributed by atoms with E-state index in [-0.39, 0.29) is 5.56 Å². The van der Waals surface area contributed by atoms with Gasteiger partial charge in [-0.05, 0) is 24.6 Å². The lowest BCUT2D eigenvalue weighted by molar-refractivity contribution is 0.863. The number of aromatic nitrogens is 2. The molecule has 0 saturated carbocycles. The molecule has 3 heteroatoms. The summed E-state index contributed by atoms with van der Waals surface area (Å²) in [7, 11) is 0. The molecule has 0 radical (unpaired) electrons. The van der Waals surface area contributed by atoms with Crippen LogP contribution in [0.4, 0.5) is 0 Å². The van der Waals surface area contributed by atoms with Gasteiger partial charge in [0, 0.05) is 6.20 Å². The van der Waals surface area contributed by atoms with Crippen molar-refractivity contribution in [3.8, 4) is 16.8 Å². The number of aromatic amines is 1. The molecule has 1 aromatic heterocycles. The van der Waals surface area contributed by atoms with Crippen LogP contribution < -0.4 is 5.56 Å². The van der Waals surface area contributed by atoms with Crippen LogP contribution in [0, 0.1) is 6.92 Å². The van der Waals surface area contributed by atoms with Gasteiger partial charge in [-0.2, -0.15) is 0 Å². The Morgan fingerprint density at radius 1 is 0.947 bits per heavy atom. The molecule has 3 aromatic rings. The standard InChI is InChI=1S/C16H14N2O/c1-12-7-9-14(10-8-12)18-11-15(16(19)17-18)13-5-3-2-4-6-13/h2-11H,1H3,(H,17,19). The molecular formula is C16H14N2O. The van der Waals surface area contributed by atoms with Crippen LogP contribution in [0.3, 0.4) is 0 Å². The Morgan fingerprint density at radius 3 is 2.32 bits per heavy atom. The zero-order valence-electron chi connectivity index (χ0n) is 10.6. The normalized spacial score (nSPS) is 10.6. The quantitative estimate of drug-likeness (QED) is 0.745. The number of aryl methyl sites for hydroxylation is 1. The molecule has 94 valence electrons. The number of nitrogens with one attached hydrogen (secondary N) is 1. The van der Waals surface area contributed by atoms with Gasteiger partial charge in [0.05, 0.1) is 11.3 Å². The van der Waals surface area contributed by atoms with E-state index in [2.05, 4.69) is 5.10 Å². The molecule has 0 aliphatic carbocycles. The van der Waals surface area contributed by atoms with Crippen molar-refractivity contribution in [3.63, 3.8) is 0 Å². The second-order valence-corrected chi connectivity index (χ2v) is 4.56. The summed E-state index contributed by atoms with van der Waals surface area (Å²) < 4.78 is 1.75. The van der Waals surface area contributed by atoms with Crippen LogP contribution in [0.5, 0.6) is 0 Å². The van der Waals surface area contributed by atoms with E-state index in [1.807, 2.05) is 67.7 Å². The van der Waals surface area contributed by atoms with Gasteiger partial charge >= 0.3 is 0 Å². The Hall–Kier alpha value is -2.55. The predicted molar refractivity (Wildman–Crippen MR) is 76.6 cm³/mol. The maximum Gasteiger partial charge on any atom is 0.272 e. The lowest BCUT2D eigenvalue weighted by Crippen LogP contribution is -2.05. The molecule has 0 unspecified atom stereocenters. The van der Waals surface area contributed by atoms with Gasteiger partial charge in [-0.15, -0.1) is 0 Å². The summed E-state index contributed by atoms with van der Waals surface area (Å²) in [5, 5.41) is 2.84. The fraction of sp³-hybridized carbons (Fsp3) is 0.0625. The largest absolute Gasteiger partial charge is 0.272 e. The highest BCUT2D eigenvalue weighted by atomic mass is 16.1. The van der Waals surface area contributed by atoms with Crippen molar-refractivity contribution < 1.29 is 0 Å². The number of benzene rings is 2. The van der Waals surface area contributed by atoms with Crippen molar-refractivity contribution in [1.29, 1.82) is 0 Å². The van der Waals surface area contributed by atoms with E-state index in [0.29, 0.717) is 5.56 Å². The third-order valence-corrected chi connectivity index (χ3v) is 3.12. The minimum absolute atomic E-state index is 0.0771. The number of hydrogen-bond acceptors (Lipinski definition) is 1. The Bertz CT molecular complexity index is 736. The zero-order valence-corrected chi connectivity index (χ0v) is 10.6. The molecule has 0 aliphatic rings. The van der Waals surface area contributed by atoms with Gasteiger partial charge in [0.2, 0.25) is 0 Å². The van der Waals surface area contributed by atoms with Crippen LogP contribution in [0.2, 0.25) is 0 Å². The summed E-state index contributed by atoms with van der Waals surface area (Å²) in [5.41, 5.74) is 3.67. The van der Waals surface area contributed by atoms with E-state index in [9.17, 15) is 4.79 Å². The van der Waals surface area contributed by atoms with Gasteiger partial charge in [0.25, 0.3) is 5.56 Å². The smallest absolute Gasteiger partial charge is 0.267 e. The average molecular weight is 250 g/mol. The van der Waals surface area contributed by atoms with Crippen molar-refractivity contribution >= 4 is 0 Å². The van der Waals surface area contributed by atoms with E-state index < -0.39 is 0 Å². The van der Waals surface area contributed by atoms with Crippen LogP contribution in [-0.4, -0.2) is 9.78 Å². The molecule has 0 fully saturated rings. The second kappa shape index (κ2) is 4.61. The lowest BCUT2D eigenvalue weighted by Gasteiger charge is -2.01. The molecule has 3 rings (SSSR count). The zero-order chi connectivity index (χ0) is 13.2. The highest BCUT2D eigenvalue weighted by molar-refractivity contribution is 5.61. The van der Waals surface area contributed by atoms with Gasteiger partial charge in [0.15, 0.2) is 0 Å². The fourth-order valence-electron chi connectivity index (χ4n) is 2.06. The minimum Gasteiger partial charge on any atom is -0.267 e. The summed E-state index contributed by atoms with van der Waals surface area (Å²) in [4.78, 5) is 12.0. The molecule has 0 aliphatic heterocycles. The molecule has 1 heterocycles. The lowest BCUT2D eigenvalue weighted by atomic mass is 10.1. The molecular weight excluding hydrogens is 236 g/mol. The molecule has 0 amide bonds. The molecule has 0 spiro atoms. The summed E-state index contributed by atoms with van der Waals surface area (Å²) in [5.74, 6) is 0. The highest BCUT2D eigenvalue weighted by Gasteiger charge is 2.07. The van der Waals surface area contributed by atoms with E-state index >= 15 is 0 Å². The van der Waals surface area contributed by atoms with Gasteiger partial charge in [0.1, 0.15) is 0 Å². The van der Waals surface area contributed by atoms with Crippen molar-refractivity contribution in [2.45, 2.75) is 6.92 Å². The first-order valence-electron chi connectivity index (χ1n) is 6.18. The van der Waals surface area contributed by atoms with Crippen LogP contribution in [-0.2, 0) is 0 Å². The Balaban J connectivity index is 2.07. The van der Waals surface area contributed by atoms with Gasteiger partial charge in [-0.25, -0.2) is 0 Å². The third kappa shape index (κ3) is 2.22. The van der Waals surface area contributed by atoms with Crippen molar-refractivity contribution in [1.82, 2.24) is 9.78 Å². The molecule has 0 saturated heterocycles. The Kier molecular flexibility index (Phi) is 2.80. The van der Waals surface area contributed by atoms with Crippen molar-refractivity contribution in [2.24, 2.45) is 0 Å². The fourth-order valence-corrected chi connectivity index (χ4v) is 2.06. The average Bonchev–Trinajstić information content (AvgIpc) is 2.83. The van der Waals surface area contributed by atoms with E-state index in [4.69, 9.17) is 0 Å². The number of H-pyrrole nitrogens is 1. The minimum atomic E-state index is -0.0771. The van der Waals surface area contributed by atoms with E-state index in [0.717, 1.165) is 11.3 Å². The Labute approximate surface area is 111 Å². The summed E-state index contributed by atoms with van der Waals surface area (Å²) in [6, 6.07) is 17.7. The maximum absolute atomic E-state index is 12.0. The van der Waals surface area contributed by atoms with E-state index in [1.165, 1.54) is 5.56 Å². The molecule has 3 nitrogen and oxygen atoms in total. The highest BCUT2D eigenvalue weighted by Crippen LogP contribution is 2.16. The summed E-state index contributed by atoms with van der Waals surface area (Å²) in [6.45, 7) is 2.04. The monoisotopic (exact) mass is 250 g/mol. The second-order valence-electron chi connectivity index (χ2n) is 4.56. The molecule has 0 bridgehead atoms. The maximum atomic E-state index is 12.0. The van der Waals surface area contributed by atoms with Crippen molar-refractivity contribution in [2.75, 3.05) is 0 Å². The number of hydrogen-bond donors (Lipinski definition) is 1. The van der Waals surface area contributed by atoms with E-state index in [1.54, 1.807) is 4.68 Å². The van der Waals surface area contributed by atoms with Crippen LogP contribution in [0.1, 0.15) is 5.56 Å². The summed E-state index contributed by atoms with van der Waals surface area (Å²) in [6.07, 6.45) is 1.84. The van der Waals surface area contributed by atoms with Crippen LogP contribution >= 0.6 is 0 Å². The predicted octanol–water partition coefficient (Wildman–Crippen LogP) is 3.14. The van der Waals surface area contributed by atoms with Gasteiger partial charge in [-0.3, -0.25) is 14.6 Å². The molecule has 2 aromatic carbocycles. The first-order chi connectivity index (χ1) is 9.24. The SMILES string of the molecule is Cc1ccc(-n2cc(-c3ccccc3)c(=O)[nH]2)cc1. The van der Waals surface area contributed by atoms with Crippen LogP contribution in [0.15, 0.2) is 65.6 Å². The number of rotatable bonds is 2. The summed E-state index contributed by atoms with van der Waals surface area (Å²) >= 11 is 0. The van der Waals surface area contributed by atoms with Crippen molar-refractivity contribution in [3.05, 3.63) is 76.7 Å². The van der Waals surface area contributed by atoms with Crippen LogP contribution in [0.25, 0.3) is 16.8 Å². The van der Waals surface area contributed by atoms with Gasteiger partial charge < -0.3 is 0 Å². The third-order valence-electron chi connectivity index (χ3n) is 3.12. The number of nitrogens with zero attached hydrogens (tertiary/aromatic N) is 1. The Morgan fingerprint density at radius 2 is 1.63 bits per heavy atom. The molecule has 1 N–H and O–H groups in total. The first kappa shape index (κ1) is 11.5. The molecule has 0 atom stereocenters. The topological polar surface area (TPSA) is 37.8 Å². The molecule has 19 heavy (non-hydrogen) atoms.